The summed E-state index contributed by atoms with van der Waals surface area (Å²) in [6.07, 6.45) is 1.54. The van der Waals surface area contributed by atoms with Gasteiger partial charge < -0.3 is 16.0 Å². The fourth-order valence-electron chi connectivity index (χ4n) is 1.63. The fourth-order valence-corrected chi connectivity index (χ4v) is 2.30. The van der Waals surface area contributed by atoms with Crippen molar-refractivity contribution in [2.75, 3.05) is 11.1 Å². The summed E-state index contributed by atoms with van der Waals surface area (Å²) >= 11 is 0.898. The predicted molar refractivity (Wildman–Crippen MR) is 83.5 cm³/mol. The number of aliphatic imine (C=N–C) groups is 1. The molecule has 0 saturated heterocycles. The third-order valence-corrected chi connectivity index (χ3v) is 3.44. The van der Waals surface area contributed by atoms with E-state index in [4.69, 9.17) is 0 Å². The number of amidine groups is 1. The average molecular weight is 335 g/mol. The standard InChI is InChI=1S/C13H13N5O4S/c1-7(19)15-10-11(21)17-13(18-12(10)22)23-6-9(20)16-8-4-2-3-5-14-8/h2-5,10H,6H2,1H3,(H,15,19)(H,14,16,20)(H,17,18,21,22). The first-order valence-electron chi connectivity index (χ1n) is 6.50. The maximum Gasteiger partial charge on any atom is 0.280 e. The quantitative estimate of drug-likeness (QED) is 0.622. The molecule has 9 nitrogen and oxygen atoms in total. The molecule has 120 valence electrons. The van der Waals surface area contributed by atoms with Crippen molar-refractivity contribution in [2.45, 2.75) is 13.0 Å². The molecule has 23 heavy (non-hydrogen) atoms. The molecule has 0 radical (unpaired) electrons. The largest absolute Gasteiger partial charge is 0.337 e. The zero-order valence-corrected chi connectivity index (χ0v) is 12.8. The van der Waals surface area contributed by atoms with Crippen LogP contribution in [-0.2, 0) is 19.2 Å². The molecule has 10 heteroatoms. The van der Waals surface area contributed by atoms with Crippen molar-refractivity contribution in [3.63, 3.8) is 0 Å². The molecule has 0 saturated carbocycles. The minimum absolute atomic E-state index is 0.0118. The number of nitrogens with one attached hydrogen (secondary N) is 3. The number of thioether (sulfide) groups is 1. The van der Waals surface area contributed by atoms with Crippen LogP contribution in [0.2, 0.25) is 0 Å². The van der Waals surface area contributed by atoms with Crippen LogP contribution in [0.4, 0.5) is 5.82 Å². The number of nitrogens with zero attached hydrogens (tertiary/aromatic N) is 2. The molecule has 0 aromatic carbocycles. The van der Waals surface area contributed by atoms with E-state index in [-0.39, 0.29) is 16.8 Å². The molecule has 2 rings (SSSR count). The number of amides is 4. The van der Waals surface area contributed by atoms with Gasteiger partial charge in [0, 0.05) is 13.1 Å². The van der Waals surface area contributed by atoms with Gasteiger partial charge in [-0.05, 0) is 12.1 Å². The number of hydrogen-bond acceptors (Lipinski definition) is 6. The number of pyridine rings is 1. The van der Waals surface area contributed by atoms with Crippen LogP contribution in [0.25, 0.3) is 0 Å². The minimum atomic E-state index is -1.33. The van der Waals surface area contributed by atoms with Gasteiger partial charge in [0.05, 0.1) is 5.75 Å². The third-order valence-electron chi connectivity index (χ3n) is 2.57. The first kappa shape index (κ1) is 16.6. The molecule has 1 aliphatic rings. The van der Waals surface area contributed by atoms with Crippen LogP contribution in [0, 0.1) is 0 Å². The Kier molecular flexibility index (Phi) is 5.41. The van der Waals surface area contributed by atoms with Crippen LogP contribution < -0.4 is 16.0 Å². The molecule has 1 atom stereocenters. The van der Waals surface area contributed by atoms with Crippen molar-refractivity contribution in [1.82, 2.24) is 15.6 Å². The summed E-state index contributed by atoms with van der Waals surface area (Å²) in [6.45, 7) is 1.19. The van der Waals surface area contributed by atoms with E-state index in [1.165, 1.54) is 13.1 Å². The number of carbonyl (C=O) groups is 4. The van der Waals surface area contributed by atoms with Crippen molar-refractivity contribution >= 4 is 46.4 Å². The second-order valence-corrected chi connectivity index (χ2v) is 5.39. The van der Waals surface area contributed by atoms with Crippen LogP contribution in [0.5, 0.6) is 0 Å². The Morgan fingerprint density at radius 1 is 1.35 bits per heavy atom. The first-order chi connectivity index (χ1) is 11.0. The Hall–Kier alpha value is -2.75. The Morgan fingerprint density at radius 3 is 2.74 bits per heavy atom. The Morgan fingerprint density at radius 2 is 2.13 bits per heavy atom. The van der Waals surface area contributed by atoms with Gasteiger partial charge in [-0.2, -0.15) is 4.99 Å². The number of aromatic nitrogens is 1. The number of hydrogen-bond donors (Lipinski definition) is 3. The highest BCUT2D eigenvalue weighted by atomic mass is 32.2. The van der Waals surface area contributed by atoms with Gasteiger partial charge in [-0.3, -0.25) is 19.2 Å². The van der Waals surface area contributed by atoms with Gasteiger partial charge in [0.25, 0.3) is 11.8 Å². The highest BCUT2D eigenvalue weighted by Crippen LogP contribution is 2.09. The topological polar surface area (TPSA) is 130 Å². The zero-order valence-electron chi connectivity index (χ0n) is 12.0. The van der Waals surface area contributed by atoms with Crippen LogP contribution in [0.1, 0.15) is 6.92 Å². The third kappa shape index (κ3) is 4.88. The van der Waals surface area contributed by atoms with Gasteiger partial charge in [-0.1, -0.05) is 17.8 Å². The van der Waals surface area contributed by atoms with E-state index in [0.29, 0.717) is 5.82 Å². The minimum Gasteiger partial charge on any atom is -0.337 e. The van der Waals surface area contributed by atoms with E-state index in [1.54, 1.807) is 18.2 Å². The van der Waals surface area contributed by atoms with E-state index >= 15 is 0 Å². The molecule has 0 spiro atoms. The molecule has 1 unspecified atom stereocenters. The van der Waals surface area contributed by atoms with Crippen LogP contribution >= 0.6 is 11.8 Å². The SMILES string of the molecule is CC(=O)NC1C(=O)N=C(SCC(=O)Nc2ccccn2)NC1=O. The molecule has 4 amide bonds. The van der Waals surface area contributed by atoms with Crippen LogP contribution in [0.3, 0.4) is 0 Å². The van der Waals surface area contributed by atoms with Crippen molar-refractivity contribution in [1.29, 1.82) is 0 Å². The molecule has 2 heterocycles. The lowest BCUT2D eigenvalue weighted by atomic mass is 10.2. The molecule has 3 N–H and O–H groups in total. The Bertz CT molecular complexity index is 676. The van der Waals surface area contributed by atoms with Gasteiger partial charge in [-0.15, -0.1) is 0 Å². The lowest BCUT2D eigenvalue weighted by Gasteiger charge is -2.19. The number of rotatable bonds is 4. The summed E-state index contributed by atoms with van der Waals surface area (Å²) in [5, 5.41) is 7.13. The molecule has 0 aliphatic carbocycles. The van der Waals surface area contributed by atoms with Crippen molar-refractivity contribution < 1.29 is 19.2 Å². The fraction of sp³-hybridized carbons (Fsp3) is 0.231. The normalized spacial score (nSPS) is 17.1. The molecule has 0 fully saturated rings. The van der Waals surface area contributed by atoms with Crippen LogP contribution in [0.15, 0.2) is 29.4 Å². The highest BCUT2D eigenvalue weighted by Gasteiger charge is 2.32. The summed E-state index contributed by atoms with van der Waals surface area (Å²) in [5.74, 6) is -2.01. The van der Waals surface area contributed by atoms with Gasteiger partial charge in [0.1, 0.15) is 5.82 Å². The first-order valence-corrected chi connectivity index (χ1v) is 7.48. The highest BCUT2D eigenvalue weighted by molar-refractivity contribution is 8.14. The second kappa shape index (κ2) is 7.49. The zero-order chi connectivity index (χ0) is 16.8. The summed E-state index contributed by atoms with van der Waals surface area (Å²) in [7, 11) is 0. The van der Waals surface area contributed by atoms with E-state index in [0.717, 1.165) is 11.8 Å². The number of anilines is 1. The molecule has 1 aliphatic heterocycles. The van der Waals surface area contributed by atoms with Crippen LogP contribution in [-0.4, -0.2) is 45.6 Å². The number of carbonyl (C=O) groups excluding carboxylic acids is 4. The molecule has 1 aromatic heterocycles. The molecular formula is C13H13N5O4S. The molecular weight excluding hydrogens is 322 g/mol. The maximum atomic E-state index is 11.7. The van der Waals surface area contributed by atoms with Crippen molar-refractivity contribution in [2.24, 2.45) is 4.99 Å². The van der Waals surface area contributed by atoms with E-state index in [2.05, 4.69) is 25.9 Å². The predicted octanol–water partition coefficient (Wildman–Crippen LogP) is -0.730. The summed E-state index contributed by atoms with van der Waals surface area (Å²) in [6, 6.07) is 3.74. The van der Waals surface area contributed by atoms with Gasteiger partial charge >= 0.3 is 0 Å². The molecule has 1 aromatic rings. The van der Waals surface area contributed by atoms with Gasteiger partial charge in [0.2, 0.25) is 11.8 Å². The maximum absolute atomic E-state index is 11.7. The summed E-state index contributed by atoms with van der Waals surface area (Å²) < 4.78 is 0. The monoisotopic (exact) mass is 335 g/mol. The van der Waals surface area contributed by atoms with Crippen molar-refractivity contribution in [3.8, 4) is 0 Å². The lowest BCUT2D eigenvalue weighted by Crippen LogP contribution is -2.54. The van der Waals surface area contributed by atoms with E-state index in [1.807, 2.05) is 0 Å². The Labute approximate surface area is 135 Å². The smallest absolute Gasteiger partial charge is 0.280 e. The molecule has 0 bridgehead atoms. The Balaban J connectivity index is 1.89. The van der Waals surface area contributed by atoms with Crippen molar-refractivity contribution in [3.05, 3.63) is 24.4 Å². The average Bonchev–Trinajstić information content (AvgIpc) is 2.50. The summed E-state index contributed by atoms with van der Waals surface area (Å²) in [5.41, 5.74) is 0. The van der Waals surface area contributed by atoms with Gasteiger partial charge in [0.15, 0.2) is 11.2 Å². The lowest BCUT2D eigenvalue weighted by molar-refractivity contribution is -0.134. The van der Waals surface area contributed by atoms with Gasteiger partial charge in [-0.25, -0.2) is 4.98 Å². The van der Waals surface area contributed by atoms with E-state index in [9.17, 15) is 19.2 Å². The summed E-state index contributed by atoms with van der Waals surface area (Å²) in [4.78, 5) is 53.7. The second-order valence-electron chi connectivity index (χ2n) is 4.43. The van der Waals surface area contributed by atoms with E-state index < -0.39 is 23.8 Å².